The molecule has 2 amide bonds. The van der Waals surface area contributed by atoms with E-state index < -0.39 is 22.8 Å². The maximum atomic E-state index is 13.2. The number of urea groups is 1. The molecule has 0 radical (unpaired) electrons. The van der Waals surface area contributed by atoms with Gasteiger partial charge < -0.3 is 25.8 Å². The van der Waals surface area contributed by atoms with Crippen molar-refractivity contribution in [3.8, 4) is 16.9 Å². The molecule has 0 saturated carbocycles. The molecule has 0 bridgehead atoms. The molecule has 40 heavy (non-hydrogen) atoms. The van der Waals surface area contributed by atoms with Crippen LogP contribution in [0, 0.1) is 0 Å². The number of nitrogens with one attached hydrogen (secondary N) is 2. The number of benzene rings is 2. The first-order valence-corrected chi connectivity index (χ1v) is 12.6. The number of hydrogen-bond donors (Lipinski definition) is 3. The van der Waals surface area contributed by atoms with Crippen LogP contribution in [0.4, 0.5) is 35.2 Å². The zero-order valence-corrected chi connectivity index (χ0v) is 22.0. The number of rotatable bonds is 6. The minimum atomic E-state index is -4.66. The van der Waals surface area contributed by atoms with Gasteiger partial charge in [0, 0.05) is 30.9 Å². The van der Waals surface area contributed by atoms with Crippen molar-refractivity contribution in [1.82, 2.24) is 19.5 Å². The minimum absolute atomic E-state index is 0.0756. The molecular weight excluding hydrogens is 551 g/mol. The van der Waals surface area contributed by atoms with Crippen LogP contribution in [0.5, 0.6) is 5.75 Å². The van der Waals surface area contributed by atoms with Crippen LogP contribution in [-0.2, 0) is 17.5 Å². The summed E-state index contributed by atoms with van der Waals surface area (Å²) in [6.07, 6.45) is -3.26. The van der Waals surface area contributed by atoms with Crippen molar-refractivity contribution in [2.24, 2.45) is 0 Å². The summed E-state index contributed by atoms with van der Waals surface area (Å²) < 4.78 is 52.3. The number of aromatic nitrogens is 3. The van der Waals surface area contributed by atoms with Gasteiger partial charge in [0.1, 0.15) is 17.6 Å². The summed E-state index contributed by atoms with van der Waals surface area (Å²) >= 11 is 5.66. The monoisotopic (exact) mass is 575 g/mol. The molecule has 5 rings (SSSR count). The molecular formula is C26H25ClF3N7O3. The molecule has 210 valence electrons. The number of ether oxygens (including phenoxy) is 2. The van der Waals surface area contributed by atoms with E-state index in [1.54, 1.807) is 22.7 Å². The molecule has 1 aliphatic heterocycles. The number of hydrogen-bond acceptors (Lipinski definition) is 7. The number of anilines is 3. The van der Waals surface area contributed by atoms with Crippen LogP contribution in [0.1, 0.15) is 11.3 Å². The first-order chi connectivity index (χ1) is 19.1. The van der Waals surface area contributed by atoms with E-state index in [-0.39, 0.29) is 5.69 Å². The van der Waals surface area contributed by atoms with Crippen LogP contribution in [0.2, 0.25) is 5.02 Å². The SMILES string of the molecule is COc1cc(-c2cc(CN3CCOCC3)n3ncnc(N)c23)ccc1NC(=O)Nc1ccc(Cl)c(C(F)(F)F)c1. The van der Waals surface area contributed by atoms with Gasteiger partial charge in [0.25, 0.3) is 0 Å². The summed E-state index contributed by atoms with van der Waals surface area (Å²) in [7, 11) is 1.44. The van der Waals surface area contributed by atoms with E-state index >= 15 is 0 Å². The van der Waals surface area contributed by atoms with Crippen molar-refractivity contribution in [3.63, 3.8) is 0 Å². The average Bonchev–Trinajstić information content (AvgIpc) is 3.29. The van der Waals surface area contributed by atoms with E-state index in [4.69, 9.17) is 26.8 Å². The fraction of sp³-hybridized carbons (Fsp3) is 0.269. The van der Waals surface area contributed by atoms with Crippen molar-refractivity contribution in [3.05, 3.63) is 65.1 Å². The number of halogens is 4. The van der Waals surface area contributed by atoms with Crippen molar-refractivity contribution < 1.29 is 27.4 Å². The second-order valence-electron chi connectivity index (χ2n) is 9.03. The van der Waals surface area contributed by atoms with Crippen molar-refractivity contribution in [1.29, 1.82) is 0 Å². The number of morpholine rings is 1. The molecule has 4 N–H and O–H groups in total. The first kappa shape index (κ1) is 27.5. The molecule has 1 fully saturated rings. The van der Waals surface area contributed by atoms with Gasteiger partial charge in [-0.25, -0.2) is 14.3 Å². The molecule has 2 aromatic heterocycles. The molecule has 0 aliphatic carbocycles. The summed E-state index contributed by atoms with van der Waals surface area (Å²) in [6, 6.07) is 9.45. The predicted octanol–water partition coefficient (Wildman–Crippen LogP) is 5.14. The summed E-state index contributed by atoms with van der Waals surface area (Å²) in [5, 5.41) is 8.94. The van der Waals surface area contributed by atoms with Gasteiger partial charge in [-0.3, -0.25) is 4.90 Å². The summed E-state index contributed by atoms with van der Waals surface area (Å²) in [5.41, 5.74) is 8.49. The van der Waals surface area contributed by atoms with Crippen LogP contribution >= 0.6 is 11.6 Å². The zero-order valence-electron chi connectivity index (χ0n) is 21.3. The summed E-state index contributed by atoms with van der Waals surface area (Å²) in [4.78, 5) is 19.0. The van der Waals surface area contributed by atoms with Crippen molar-refractivity contribution >= 4 is 40.3 Å². The Morgan fingerprint density at radius 1 is 1.15 bits per heavy atom. The van der Waals surface area contributed by atoms with E-state index in [0.29, 0.717) is 42.5 Å². The van der Waals surface area contributed by atoms with Gasteiger partial charge in [0.15, 0.2) is 5.82 Å². The molecule has 4 aromatic rings. The molecule has 1 saturated heterocycles. The van der Waals surface area contributed by atoms with Gasteiger partial charge in [-0.2, -0.15) is 18.3 Å². The Morgan fingerprint density at radius 3 is 2.65 bits per heavy atom. The topological polar surface area (TPSA) is 119 Å². The van der Waals surface area contributed by atoms with E-state index in [1.165, 1.54) is 19.5 Å². The summed E-state index contributed by atoms with van der Waals surface area (Å²) in [5.74, 6) is 0.629. The number of carbonyl (C=O) groups is 1. The fourth-order valence-electron chi connectivity index (χ4n) is 4.52. The number of carbonyl (C=O) groups excluding carboxylic acids is 1. The van der Waals surface area contributed by atoms with Crippen LogP contribution in [0.15, 0.2) is 48.8 Å². The Balaban J connectivity index is 1.40. The lowest BCUT2D eigenvalue weighted by Gasteiger charge is -2.26. The maximum absolute atomic E-state index is 13.2. The molecule has 14 heteroatoms. The lowest BCUT2D eigenvalue weighted by atomic mass is 10.1. The third-order valence-electron chi connectivity index (χ3n) is 6.44. The van der Waals surface area contributed by atoms with Gasteiger partial charge in [0.2, 0.25) is 0 Å². The van der Waals surface area contributed by atoms with Crippen LogP contribution in [0.3, 0.4) is 0 Å². The number of methoxy groups -OCH3 is 1. The molecule has 0 unspecified atom stereocenters. The van der Waals surface area contributed by atoms with Crippen LogP contribution < -0.4 is 21.1 Å². The van der Waals surface area contributed by atoms with E-state index in [1.807, 2.05) is 6.07 Å². The first-order valence-electron chi connectivity index (χ1n) is 12.2. The van der Waals surface area contributed by atoms with Gasteiger partial charge >= 0.3 is 12.2 Å². The quantitative estimate of drug-likeness (QED) is 0.291. The van der Waals surface area contributed by atoms with Crippen LogP contribution in [0.25, 0.3) is 16.6 Å². The van der Waals surface area contributed by atoms with E-state index in [0.717, 1.165) is 42.0 Å². The number of nitrogens with two attached hydrogens (primary N) is 1. The Bertz CT molecular complexity index is 1550. The molecule has 10 nitrogen and oxygen atoms in total. The Hall–Kier alpha value is -4.07. The van der Waals surface area contributed by atoms with Crippen molar-refractivity contribution in [2.75, 3.05) is 49.8 Å². The van der Waals surface area contributed by atoms with Crippen molar-refractivity contribution in [2.45, 2.75) is 12.7 Å². The molecule has 0 atom stereocenters. The number of fused-ring (bicyclic) bond motifs is 1. The van der Waals surface area contributed by atoms with Gasteiger partial charge in [0.05, 0.1) is 42.3 Å². The lowest BCUT2D eigenvalue weighted by Crippen LogP contribution is -2.36. The van der Waals surface area contributed by atoms with Gasteiger partial charge in [-0.1, -0.05) is 17.7 Å². The van der Waals surface area contributed by atoms with E-state index in [9.17, 15) is 18.0 Å². The number of alkyl halides is 3. The highest BCUT2D eigenvalue weighted by Gasteiger charge is 2.33. The smallest absolute Gasteiger partial charge is 0.417 e. The zero-order chi connectivity index (χ0) is 28.4. The normalized spacial score (nSPS) is 14.3. The van der Waals surface area contributed by atoms with E-state index in [2.05, 4.69) is 25.6 Å². The Kier molecular flexibility index (Phi) is 7.70. The third kappa shape index (κ3) is 5.76. The minimum Gasteiger partial charge on any atom is -0.495 e. The highest BCUT2D eigenvalue weighted by Crippen LogP contribution is 2.37. The second kappa shape index (κ2) is 11.2. The highest BCUT2D eigenvalue weighted by atomic mass is 35.5. The average molecular weight is 576 g/mol. The Morgan fingerprint density at radius 2 is 1.93 bits per heavy atom. The fourth-order valence-corrected chi connectivity index (χ4v) is 4.75. The number of amides is 2. The molecule has 1 aliphatic rings. The number of nitrogens with zero attached hydrogens (tertiary/aromatic N) is 4. The second-order valence-corrected chi connectivity index (χ2v) is 9.44. The third-order valence-corrected chi connectivity index (χ3v) is 6.77. The standard InChI is InChI=1S/C26H25ClF3N7O3/c1-39-22-10-15(2-5-21(22)35-25(38)34-16-3-4-20(27)19(11-16)26(28,29)30)18-12-17(13-36-6-8-40-9-7-36)37-23(18)24(31)32-14-33-37/h2-5,10-12,14H,6-9,13H2,1H3,(H2,31,32,33)(H2,34,35,38). The highest BCUT2D eigenvalue weighted by molar-refractivity contribution is 6.31. The molecule has 0 spiro atoms. The van der Waals surface area contributed by atoms with Gasteiger partial charge in [-0.05, 0) is 42.0 Å². The largest absolute Gasteiger partial charge is 0.495 e. The predicted molar refractivity (Wildman–Crippen MR) is 145 cm³/mol. The molecule has 3 heterocycles. The van der Waals surface area contributed by atoms with Gasteiger partial charge in [-0.15, -0.1) is 0 Å². The maximum Gasteiger partial charge on any atom is 0.417 e. The summed E-state index contributed by atoms with van der Waals surface area (Å²) in [6.45, 7) is 3.56. The lowest BCUT2D eigenvalue weighted by molar-refractivity contribution is -0.137. The molecule has 2 aromatic carbocycles. The van der Waals surface area contributed by atoms with Crippen LogP contribution in [-0.4, -0.2) is 58.9 Å². The Labute approximate surface area is 231 Å². The number of nitrogen functional groups attached to an aromatic ring is 1.